The van der Waals surface area contributed by atoms with E-state index in [1.807, 2.05) is 29.9 Å². The van der Waals surface area contributed by atoms with Crippen LogP contribution in [0.4, 0.5) is 0 Å². The summed E-state index contributed by atoms with van der Waals surface area (Å²) in [6.07, 6.45) is 5.03. The first kappa shape index (κ1) is 25.5. The molecule has 0 atom stereocenters. The van der Waals surface area contributed by atoms with Crippen LogP contribution < -0.4 is 0 Å². The summed E-state index contributed by atoms with van der Waals surface area (Å²) in [5.74, 6) is 1.66. The molecule has 0 aliphatic carbocycles. The number of fused-ring (bicyclic) bond motifs is 1. The van der Waals surface area contributed by atoms with E-state index in [1.165, 1.54) is 5.56 Å². The molecule has 2 aromatic carbocycles. The van der Waals surface area contributed by atoms with Crippen LogP contribution in [-0.2, 0) is 19.5 Å². The standard InChI is InChI=1S/C30H32N10/c1-5-7-14-39-18-26(33-38-39)23-12-13-24(29-34-36-37-35-29)25(16-23)22-10-8-21(9-11-22)17-40-27(6-2)32-28-19(3)15-20(4)31-30(28)40/h8-13,15-16,18H,5-7,14,17H2,1-4H3,(H,34,35,36,37). The third-order valence-electron chi connectivity index (χ3n) is 7.22. The number of rotatable bonds is 9. The molecule has 10 nitrogen and oxygen atoms in total. The van der Waals surface area contributed by atoms with Gasteiger partial charge in [-0.15, -0.1) is 10.2 Å². The van der Waals surface area contributed by atoms with Crippen LogP contribution in [-0.4, -0.2) is 50.2 Å². The molecule has 40 heavy (non-hydrogen) atoms. The molecule has 0 spiro atoms. The van der Waals surface area contributed by atoms with Crippen LogP contribution in [0.3, 0.4) is 0 Å². The van der Waals surface area contributed by atoms with Crippen molar-refractivity contribution in [2.75, 3.05) is 0 Å². The third kappa shape index (κ3) is 4.88. The zero-order valence-electron chi connectivity index (χ0n) is 23.3. The van der Waals surface area contributed by atoms with Crippen molar-refractivity contribution in [1.29, 1.82) is 0 Å². The minimum atomic E-state index is 0.617. The minimum absolute atomic E-state index is 0.617. The zero-order valence-corrected chi connectivity index (χ0v) is 23.3. The van der Waals surface area contributed by atoms with Crippen LogP contribution in [0.2, 0.25) is 0 Å². The first-order valence-electron chi connectivity index (χ1n) is 13.7. The minimum Gasteiger partial charge on any atom is -0.308 e. The van der Waals surface area contributed by atoms with E-state index in [1.54, 1.807) is 0 Å². The van der Waals surface area contributed by atoms with Crippen LogP contribution >= 0.6 is 0 Å². The lowest BCUT2D eigenvalue weighted by atomic mass is 9.95. The molecule has 0 aliphatic rings. The van der Waals surface area contributed by atoms with Crippen LogP contribution in [0.1, 0.15) is 49.3 Å². The van der Waals surface area contributed by atoms with Gasteiger partial charge >= 0.3 is 0 Å². The van der Waals surface area contributed by atoms with E-state index in [0.717, 1.165) is 82.0 Å². The van der Waals surface area contributed by atoms with Crippen molar-refractivity contribution in [2.45, 2.75) is 60.0 Å². The second kappa shape index (κ2) is 10.8. The van der Waals surface area contributed by atoms with Gasteiger partial charge in [0.25, 0.3) is 0 Å². The highest BCUT2D eigenvalue weighted by molar-refractivity contribution is 5.84. The molecule has 6 rings (SSSR count). The van der Waals surface area contributed by atoms with Gasteiger partial charge in [0.05, 0.1) is 12.7 Å². The van der Waals surface area contributed by atoms with Gasteiger partial charge in [-0.2, -0.15) is 0 Å². The normalized spacial score (nSPS) is 11.5. The van der Waals surface area contributed by atoms with Gasteiger partial charge in [0.15, 0.2) is 11.5 Å². The predicted molar refractivity (Wildman–Crippen MR) is 154 cm³/mol. The van der Waals surface area contributed by atoms with Crippen molar-refractivity contribution >= 4 is 11.2 Å². The Kier molecular flexibility index (Phi) is 6.90. The molecular formula is C30H32N10. The number of nitrogens with zero attached hydrogens (tertiary/aromatic N) is 9. The number of pyridine rings is 1. The number of imidazole rings is 1. The largest absolute Gasteiger partial charge is 0.308 e. The van der Waals surface area contributed by atoms with Crippen LogP contribution in [0, 0.1) is 13.8 Å². The highest BCUT2D eigenvalue weighted by atomic mass is 15.5. The molecule has 1 N–H and O–H groups in total. The Hall–Kier alpha value is -4.73. The van der Waals surface area contributed by atoms with Crippen molar-refractivity contribution in [2.24, 2.45) is 0 Å². The Bertz CT molecular complexity index is 1760. The lowest BCUT2D eigenvalue weighted by Gasteiger charge is -2.12. The van der Waals surface area contributed by atoms with Gasteiger partial charge in [-0.1, -0.05) is 55.8 Å². The van der Waals surface area contributed by atoms with E-state index in [0.29, 0.717) is 12.4 Å². The highest BCUT2D eigenvalue weighted by Gasteiger charge is 2.16. The molecule has 0 saturated carbocycles. The second-order valence-electron chi connectivity index (χ2n) is 10.1. The summed E-state index contributed by atoms with van der Waals surface area (Å²) in [4.78, 5) is 9.72. The Morgan fingerprint density at radius 1 is 0.875 bits per heavy atom. The van der Waals surface area contributed by atoms with E-state index >= 15 is 0 Å². The molecule has 0 saturated heterocycles. The highest BCUT2D eigenvalue weighted by Crippen LogP contribution is 2.34. The zero-order chi connectivity index (χ0) is 27.6. The lowest BCUT2D eigenvalue weighted by molar-refractivity contribution is 0.553. The number of aryl methyl sites for hydroxylation is 4. The Morgan fingerprint density at radius 2 is 1.70 bits per heavy atom. The van der Waals surface area contributed by atoms with Crippen molar-refractivity contribution < 1.29 is 0 Å². The number of benzene rings is 2. The molecule has 0 unspecified atom stereocenters. The summed E-state index contributed by atoms with van der Waals surface area (Å²) in [6.45, 7) is 10.0. The molecule has 0 bridgehead atoms. The van der Waals surface area contributed by atoms with Crippen LogP contribution in [0.25, 0.3) is 44.9 Å². The van der Waals surface area contributed by atoms with Gasteiger partial charge in [-0.3, -0.25) is 4.68 Å². The number of nitrogens with one attached hydrogen (secondary N) is 1. The molecule has 0 fully saturated rings. The van der Waals surface area contributed by atoms with Gasteiger partial charge in [0, 0.05) is 29.8 Å². The molecule has 0 aliphatic heterocycles. The monoisotopic (exact) mass is 532 g/mol. The van der Waals surface area contributed by atoms with Crippen LogP contribution in [0.5, 0.6) is 0 Å². The number of aromatic nitrogens is 10. The maximum Gasteiger partial charge on any atom is 0.180 e. The smallest absolute Gasteiger partial charge is 0.180 e. The number of hydrogen-bond donors (Lipinski definition) is 1. The predicted octanol–water partition coefficient (Wildman–Crippen LogP) is 5.56. The number of hydrogen-bond acceptors (Lipinski definition) is 7. The van der Waals surface area contributed by atoms with Crippen molar-refractivity contribution in [3.8, 4) is 33.8 Å². The Balaban J connectivity index is 1.36. The van der Waals surface area contributed by atoms with Crippen LogP contribution in [0.15, 0.2) is 54.7 Å². The molecule has 0 amide bonds. The van der Waals surface area contributed by atoms with Gasteiger partial charge in [0.1, 0.15) is 17.0 Å². The molecule has 4 heterocycles. The van der Waals surface area contributed by atoms with E-state index in [-0.39, 0.29) is 0 Å². The van der Waals surface area contributed by atoms with Crippen molar-refractivity contribution in [3.05, 3.63) is 77.4 Å². The van der Waals surface area contributed by atoms with Gasteiger partial charge < -0.3 is 4.57 Å². The number of unbranched alkanes of at least 4 members (excludes halogenated alkanes) is 1. The van der Waals surface area contributed by atoms with E-state index in [9.17, 15) is 0 Å². The number of H-pyrrole nitrogens is 1. The summed E-state index contributed by atoms with van der Waals surface area (Å²) in [5.41, 5.74) is 10.1. The molecule has 0 radical (unpaired) electrons. The topological polar surface area (TPSA) is 116 Å². The molecular weight excluding hydrogens is 500 g/mol. The van der Waals surface area contributed by atoms with Crippen molar-refractivity contribution in [3.63, 3.8) is 0 Å². The summed E-state index contributed by atoms with van der Waals surface area (Å²) >= 11 is 0. The molecule has 10 heteroatoms. The SMILES string of the molecule is CCCCn1cc(-c2ccc(-c3nnn[nH]3)c(-c3ccc(Cn4c(CC)nc5c(C)cc(C)nc54)cc3)c2)nn1. The molecule has 6 aromatic rings. The fourth-order valence-corrected chi connectivity index (χ4v) is 5.14. The third-order valence-corrected chi connectivity index (χ3v) is 7.22. The second-order valence-corrected chi connectivity index (χ2v) is 10.1. The number of aromatic amines is 1. The summed E-state index contributed by atoms with van der Waals surface area (Å²) in [6, 6.07) is 16.9. The molecule has 202 valence electrons. The first-order chi connectivity index (χ1) is 19.5. The first-order valence-corrected chi connectivity index (χ1v) is 13.7. The average molecular weight is 533 g/mol. The van der Waals surface area contributed by atoms with Gasteiger partial charge in [-0.25, -0.2) is 15.1 Å². The molecule has 4 aromatic heterocycles. The fourth-order valence-electron chi connectivity index (χ4n) is 5.14. The van der Waals surface area contributed by atoms with Gasteiger partial charge in [-0.05, 0) is 71.1 Å². The summed E-state index contributed by atoms with van der Waals surface area (Å²) in [5, 5.41) is 23.4. The maximum absolute atomic E-state index is 4.90. The Labute approximate surface area is 232 Å². The lowest BCUT2D eigenvalue weighted by Crippen LogP contribution is -2.05. The number of tetrazole rings is 1. The van der Waals surface area contributed by atoms with E-state index < -0.39 is 0 Å². The summed E-state index contributed by atoms with van der Waals surface area (Å²) in [7, 11) is 0. The maximum atomic E-state index is 4.90. The fraction of sp³-hybridized carbons (Fsp3) is 0.300. The van der Waals surface area contributed by atoms with Crippen molar-refractivity contribution in [1.82, 2.24) is 50.2 Å². The quantitative estimate of drug-likeness (QED) is 0.259. The Morgan fingerprint density at radius 3 is 2.45 bits per heavy atom. The average Bonchev–Trinajstić information content (AvgIpc) is 3.73. The van der Waals surface area contributed by atoms with E-state index in [2.05, 4.69) is 92.7 Å². The van der Waals surface area contributed by atoms with E-state index in [4.69, 9.17) is 9.97 Å². The van der Waals surface area contributed by atoms with Gasteiger partial charge in [0.2, 0.25) is 0 Å². The summed E-state index contributed by atoms with van der Waals surface area (Å²) < 4.78 is 4.14.